The second-order valence-corrected chi connectivity index (χ2v) is 7.95. The number of nitrogens with one attached hydrogen (secondary N) is 2. The maximum Gasteiger partial charge on any atom is 0.263 e. The van der Waals surface area contributed by atoms with E-state index < -0.39 is 6.10 Å². The number of rotatable bonds is 9. The van der Waals surface area contributed by atoms with Crippen LogP contribution in [-0.2, 0) is 16.6 Å². The van der Waals surface area contributed by atoms with Crippen LogP contribution in [0, 0.1) is 0 Å². The predicted molar refractivity (Wildman–Crippen MR) is 130 cm³/mol. The van der Waals surface area contributed by atoms with Gasteiger partial charge in [0.2, 0.25) is 0 Å². The molecule has 2 aromatic heterocycles. The van der Waals surface area contributed by atoms with Crippen LogP contribution in [-0.4, -0.2) is 69.6 Å². The minimum absolute atomic E-state index is 0.0847. The van der Waals surface area contributed by atoms with Gasteiger partial charge in [0.1, 0.15) is 17.9 Å². The maximum atomic E-state index is 13.0. The average Bonchev–Trinajstić information content (AvgIpc) is 3.30. The standard InChI is InChI=1S/C24H29N7O3/c1-5-16(2)25-14-27-23-22-20(26-15-28-23)10-18(19-12-29-30(4)13-19)11-21(22)34-17(3)24(32)31-6-8-33-9-7-31/h5,10-13,15,17,25H,1-2,6-9,14H2,3-4H3,(H,26,27,28)/t17-/m1/s1. The van der Waals surface area contributed by atoms with Gasteiger partial charge in [-0.2, -0.15) is 5.10 Å². The van der Waals surface area contributed by atoms with Crippen molar-refractivity contribution >= 4 is 22.6 Å². The molecule has 10 nitrogen and oxygen atoms in total. The number of benzene rings is 1. The molecular formula is C24H29N7O3. The Morgan fingerprint density at radius 3 is 2.79 bits per heavy atom. The lowest BCUT2D eigenvalue weighted by atomic mass is 10.1. The minimum atomic E-state index is -0.697. The summed E-state index contributed by atoms with van der Waals surface area (Å²) >= 11 is 0. The topological polar surface area (TPSA) is 106 Å². The molecule has 2 N–H and O–H groups in total. The smallest absolute Gasteiger partial charge is 0.263 e. The summed E-state index contributed by atoms with van der Waals surface area (Å²) in [5, 5.41) is 11.3. The minimum Gasteiger partial charge on any atom is -0.480 e. The molecule has 4 rings (SSSR count). The lowest BCUT2D eigenvalue weighted by molar-refractivity contribution is -0.142. The van der Waals surface area contributed by atoms with Crippen LogP contribution in [0.1, 0.15) is 6.92 Å². The number of aromatic nitrogens is 4. The van der Waals surface area contributed by atoms with E-state index in [2.05, 4.69) is 38.9 Å². The SMILES string of the molecule is C=CC(=C)NCNc1ncnc2cc(-c3cnn(C)c3)cc(O[C@H](C)C(=O)N3CCOCC3)c12. The lowest BCUT2D eigenvalue weighted by Gasteiger charge is -2.29. The molecule has 1 amide bonds. The van der Waals surface area contributed by atoms with Gasteiger partial charge in [-0.05, 0) is 30.7 Å². The van der Waals surface area contributed by atoms with Gasteiger partial charge in [-0.15, -0.1) is 0 Å². The van der Waals surface area contributed by atoms with Crippen LogP contribution in [0.2, 0.25) is 0 Å². The van der Waals surface area contributed by atoms with E-state index in [1.54, 1.807) is 28.8 Å². The van der Waals surface area contributed by atoms with E-state index in [-0.39, 0.29) is 5.91 Å². The van der Waals surface area contributed by atoms with Gasteiger partial charge in [0.15, 0.2) is 6.10 Å². The molecule has 1 fully saturated rings. The largest absolute Gasteiger partial charge is 0.480 e. The van der Waals surface area contributed by atoms with E-state index >= 15 is 0 Å². The van der Waals surface area contributed by atoms with Gasteiger partial charge < -0.3 is 25.0 Å². The van der Waals surface area contributed by atoms with Crippen molar-refractivity contribution in [3.05, 3.63) is 55.8 Å². The molecule has 0 unspecified atom stereocenters. The monoisotopic (exact) mass is 463 g/mol. The highest BCUT2D eigenvalue weighted by Gasteiger charge is 2.25. The fraction of sp³-hybridized carbons (Fsp3) is 0.333. The number of hydrogen-bond donors (Lipinski definition) is 2. The number of aryl methyl sites for hydroxylation is 1. The summed E-state index contributed by atoms with van der Waals surface area (Å²) in [7, 11) is 1.86. The van der Waals surface area contributed by atoms with Crippen LogP contribution in [0.5, 0.6) is 5.75 Å². The summed E-state index contributed by atoms with van der Waals surface area (Å²) in [6.07, 6.45) is 6.12. The van der Waals surface area contributed by atoms with Crippen molar-refractivity contribution in [3.8, 4) is 16.9 Å². The first-order chi connectivity index (χ1) is 16.5. The zero-order chi connectivity index (χ0) is 24.1. The predicted octanol–water partition coefficient (Wildman–Crippen LogP) is 2.32. The molecule has 0 spiro atoms. The summed E-state index contributed by atoms with van der Waals surface area (Å²) in [5.41, 5.74) is 3.16. The Morgan fingerprint density at radius 1 is 1.29 bits per heavy atom. The Bertz CT molecular complexity index is 1200. The number of hydrogen-bond acceptors (Lipinski definition) is 8. The van der Waals surface area contributed by atoms with Gasteiger partial charge in [-0.3, -0.25) is 9.48 Å². The molecule has 10 heteroatoms. The Balaban J connectivity index is 1.70. The fourth-order valence-corrected chi connectivity index (χ4v) is 3.71. The highest BCUT2D eigenvalue weighted by atomic mass is 16.5. The van der Waals surface area contributed by atoms with Crippen LogP contribution in [0.4, 0.5) is 5.82 Å². The molecule has 1 aromatic carbocycles. The number of allylic oxidation sites excluding steroid dienone is 1. The second-order valence-electron chi connectivity index (χ2n) is 7.95. The average molecular weight is 464 g/mol. The summed E-state index contributed by atoms with van der Waals surface area (Å²) in [4.78, 5) is 23.7. The Kier molecular flexibility index (Phi) is 7.07. The summed E-state index contributed by atoms with van der Waals surface area (Å²) in [6.45, 7) is 11.8. The highest BCUT2D eigenvalue weighted by Crippen LogP contribution is 2.35. The highest BCUT2D eigenvalue weighted by molar-refractivity contribution is 5.97. The van der Waals surface area contributed by atoms with Gasteiger partial charge in [0.05, 0.1) is 37.0 Å². The van der Waals surface area contributed by atoms with Crippen LogP contribution < -0.4 is 15.4 Å². The molecule has 1 atom stereocenters. The van der Waals surface area contributed by atoms with Gasteiger partial charge in [0, 0.05) is 37.6 Å². The third kappa shape index (κ3) is 5.18. The van der Waals surface area contributed by atoms with E-state index in [1.165, 1.54) is 6.33 Å². The molecule has 34 heavy (non-hydrogen) atoms. The van der Waals surface area contributed by atoms with Crippen molar-refractivity contribution in [1.29, 1.82) is 0 Å². The number of morpholine rings is 1. The van der Waals surface area contributed by atoms with E-state index in [1.807, 2.05) is 25.4 Å². The molecule has 0 saturated carbocycles. The molecule has 1 aliphatic rings. The molecule has 1 saturated heterocycles. The van der Waals surface area contributed by atoms with Gasteiger partial charge in [-0.1, -0.05) is 13.2 Å². The van der Waals surface area contributed by atoms with E-state index in [0.717, 1.165) is 11.1 Å². The molecule has 1 aliphatic heterocycles. The van der Waals surface area contributed by atoms with E-state index in [0.29, 0.717) is 61.1 Å². The van der Waals surface area contributed by atoms with Crippen LogP contribution >= 0.6 is 0 Å². The van der Waals surface area contributed by atoms with E-state index in [4.69, 9.17) is 9.47 Å². The van der Waals surface area contributed by atoms with Crippen molar-refractivity contribution < 1.29 is 14.3 Å². The van der Waals surface area contributed by atoms with Crippen molar-refractivity contribution in [2.45, 2.75) is 13.0 Å². The van der Waals surface area contributed by atoms with Gasteiger partial charge >= 0.3 is 0 Å². The Labute approximate surface area is 198 Å². The third-order valence-corrected chi connectivity index (χ3v) is 5.53. The first kappa shape index (κ1) is 23.2. The Morgan fingerprint density at radius 2 is 2.09 bits per heavy atom. The number of nitrogens with zero attached hydrogens (tertiary/aromatic N) is 5. The van der Waals surface area contributed by atoms with E-state index in [9.17, 15) is 4.79 Å². The molecule has 3 aromatic rings. The normalized spacial score (nSPS) is 14.5. The molecule has 0 bridgehead atoms. The number of amides is 1. The molecule has 3 heterocycles. The number of anilines is 1. The number of carbonyl (C=O) groups is 1. The zero-order valence-corrected chi connectivity index (χ0v) is 19.5. The first-order valence-corrected chi connectivity index (χ1v) is 11.1. The molecule has 0 radical (unpaired) electrons. The molecular weight excluding hydrogens is 434 g/mol. The summed E-state index contributed by atoms with van der Waals surface area (Å²) < 4.78 is 13.4. The summed E-state index contributed by atoms with van der Waals surface area (Å²) in [6, 6.07) is 3.85. The number of carbonyl (C=O) groups excluding carboxylic acids is 1. The van der Waals surface area contributed by atoms with Gasteiger partial charge in [-0.25, -0.2) is 9.97 Å². The zero-order valence-electron chi connectivity index (χ0n) is 19.5. The van der Waals surface area contributed by atoms with Crippen LogP contribution in [0.15, 0.2) is 55.8 Å². The van der Waals surface area contributed by atoms with Gasteiger partial charge in [0.25, 0.3) is 5.91 Å². The Hall–Kier alpha value is -3.92. The van der Waals surface area contributed by atoms with Crippen molar-refractivity contribution in [2.75, 3.05) is 38.3 Å². The van der Waals surface area contributed by atoms with Crippen molar-refractivity contribution in [3.63, 3.8) is 0 Å². The quantitative estimate of drug-likeness (QED) is 0.368. The summed E-state index contributed by atoms with van der Waals surface area (Å²) in [5.74, 6) is 1.00. The molecule has 178 valence electrons. The number of fused-ring (bicyclic) bond motifs is 1. The fourth-order valence-electron chi connectivity index (χ4n) is 3.71. The van der Waals surface area contributed by atoms with Crippen molar-refractivity contribution in [2.24, 2.45) is 7.05 Å². The maximum absolute atomic E-state index is 13.0. The first-order valence-electron chi connectivity index (χ1n) is 11.1. The van der Waals surface area contributed by atoms with Crippen LogP contribution in [0.25, 0.3) is 22.0 Å². The van der Waals surface area contributed by atoms with Crippen molar-refractivity contribution in [1.82, 2.24) is 30.0 Å². The van der Waals surface area contributed by atoms with Crippen LogP contribution in [0.3, 0.4) is 0 Å². The molecule has 0 aliphatic carbocycles. The second kappa shape index (κ2) is 10.3. The lowest BCUT2D eigenvalue weighted by Crippen LogP contribution is -2.46. The number of ether oxygens (including phenoxy) is 2. The third-order valence-electron chi connectivity index (χ3n) is 5.53.